The lowest BCUT2D eigenvalue weighted by molar-refractivity contribution is -0.665. The summed E-state index contributed by atoms with van der Waals surface area (Å²) in [6, 6.07) is 44.2. The molecule has 1 aliphatic rings. The average molecular weight is 711 g/mol. The third-order valence-electron chi connectivity index (χ3n) is 9.86. The molecule has 51 heavy (non-hydrogen) atoms. The lowest BCUT2D eigenvalue weighted by Gasteiger charge is -2.43. The summed E-state index contributed by atoms with van der Waals surface area (Å²) < 4.78 is 3.40. The van der Waals surface area contributed by atoms with Crippen LogP contribution in [0, 0.1) is 0 Å². The van der Waals surface area contributed by atoms with E-state index in [9.17, 15) is 10.2 Å². The van der Waals surface area contributed by atoms with E-state index in [0.29, 0.717) is 11.5 Å². The van der Waals surface area contributed by atoms with E-state index < -0.39 is 6.15 Å². The largest absolute Gasteiger partial charge is 0.508 e. The number of aryl methyl sites for hydroxylation is 1. The second-order valence-corrected chi connectivity index (χ2v) is 15.2. The second kappa shape index (κ2) is 16.5. The first-order valence-corrected chi connectivity index (χ1v) is 19.7. The molecule has 2 N–H and O–H groups in total. The predicted octanol–water partition coefficient (Wildman–Crippen LogP) is 9.45. The number of nitrogens with zero attached hydrogens (tertiary/aromatic N) is 2. The normalized spacial score (nSPS) is 13.7. The van der Waals surface area contributed by atoms with Gasteiger partial charge in [-0.05, 0) is 56.7 Å². The minimum atomic E-state index is -0.913. The first-order valence-electron chi connectivity index (χ1n) is 18.0. The Morgan fingerprint density at radius 2 is 1.31 bits per heavy atom. The number of thioether (sulfide) groups is 1. The van der Waals surface area contributed by atoms with Gasteiger partial charge in [-0.3, -0.25) is 0 Å². The van der Waals surface area contributed by atoms with Crippen molar-refractivity contribution in [2.75, 3.05) is 11.4 Å². The molecule has 260 valence electrons. The number of hydrogen-bond donors (Lipinski definition) is 2. The molecule has 0 aliphatic carbocycles. The van der Waals surface area contributed by atoms with Crippen LogP contribution in [0.2, 0.25) is 6.32 Å². The van der Waals surface area contributed by atoms with Crippen molar-refractivity contribution in [2.45, 2.75) is 58.3 Å². The van der Waals surface area contributed by atoms with Crippen LogP contribution in [0.1, 0.15) is 45.5 Å². The van der Waals surface area contributed by atoms with Crippen molar-refractivity contribution in [1.29, 1.82) is 0 Å². The molecule has 1 aliphatic heterocycles. The number of thiazole rings is 1. The Kier molecular flexibility index (Phi) is 11.7. The van der Waals surface area contributed by atoms with Gasteiger partial charge in [0.25, 0.3) is 5.01 Å². The van der Waals surface area contributed by atoms with Crippen LogP contribution in [0.5, 0.6) is 11.5 Å². The molecule has 0 radical (unpaired) electrons. The maximum absolute atomic E-state index is 9.83. The van der Waals surface area contributed by atoms with Gasteiger partial charge < -0.3 is 15.1 Å². The Morgan fingerprint density at radius 1 is 0.745 bits per heavy atom. The first kappa shape index (κ1) is 36.1. The molecule has 5 aromatic carbocycles. The van der Waals surface area contributed by atoms with Gasteiger partial charge >= 0.3 is 0 Å². The van der Waals surface area contributed by atoms with E-state index in [1.54, 1.807) is 35.2 Å². The summed E-state index contributed by atoms with van der Waals surface area (Å²) in [5.74, 6) is 0.590. The molecule has 0 saturated heterocycles. The van der Waals surface area contributed by atoms with Crippen molar-refractivity contribution in [1.82, 2.24) is 0 Å². The summed E-state index contributed by atoms with van der Waals surface area (Å²) in [7, 11) is 0. The third kappa shape index (κ3) is 7.80. The monoisotopic (exact) mass is 710 g/mol. The molecular weight excluding hydrogens is 663 g/mol. The molecule has 0 atom stereocenters. The zero-order valence-corrected chi connectivity index (χ0v) is 31.6. The minimum absolute atomic E-state index is 0.295. The van der Waals surface area contributed by atoms with Gasteiger partial charge in [0.15, 0.2) is 0 Å². The highest BCUT2D eigenvalue weighted by Gasteiger charge is 2.29. The SMILES string of the molecule is CCCC[B-](c1ccccc1)(c1ccccc1)c1ccccc1.CCN1/C(=C/C(C)=C/c2sc3ccc(O)cc3[n+]2CC)Sc2ccc(O)cc21. The molecule has 7 heteroatoms. The number of phenols is 2. The fraction of sp³-hybridized carbons (Fsp3) is 0.205. The van der Waals surface area contributed by atoms with Gasteiger partial charge in [0.05, 0.1) is 22.9 Å². The van der Waals surface area contributed by atoms with Gasteiger partial charge in [-0.25, -0.2) is 0 Å². The van der Waals surface area contributed by atoms with E-state index in [1.807, 2.05) is 24.3 Å². The Labute approximate surface area is 311 Å². The van der Waals surface area contributed by atoms with Crippen LogP contribution in [0.25, 0.3) is 16.3 Å². The average Bonchev–Trinajstić information content (AvgIpc) is 3.68. The summed E-state index contributed by atoms with van der Waals surface area (Å²) in [6.45, 7) is 10.3. The summed E-state index contributed by atoms with van der Waals surface area (Å²) in [6.07, 6.45) is 7.13. The highest BCUT2D eigenvalue weighted by atomic mass is 32.2. The minimum Gasteiger partial charge on any atom is -0.508 e. The van der Waals surface area contributed by atoms with Gasteiger partial charge in [-0.15, -0.1) is 0 Å². The Morgan fingerprint density at radius 3 is 1.86 bits per heavy atom. The number of benzene rings is 5. The van der Waals surface area contributed by atoms with Gasteiger partial charge in [-0.1, -0.05) is 134 Å². The van der Waals surface area contributed by atoms with Gasteiger partial charge in [0.1, 0.15) is 22.7 Å². The van der Waals surface area contributed by atoms with Crippen LogP contribution in [0.3, 0.4) is 0 Å². The number of aromatic hydroxyl groups is 2. The van der Waals surface area contributed by atoms with Crippen LogP contribution >= 0.6 is 23.1 Å². The number of fused-ring (bicyclic) bond motifs is 2. The van der Waals surface area contributed by atoms with E-state index in [-0.39, 0.29) is 0 Å². The van der Waals surface area contributed by atoms with E-state index >= 15 is 0 Å². The third-order valence-corrected chi connectivity index (χ3v) is 12.1. The van der Waals surface area contributed by atoms with E-state index in [2.05, 4.69) is 140 Å². The fourth-order valence-corrected chi connectivity index (χ4v) is 9.84. The summed E-state index contributed by atoms with van der Waals surface area (Å²) >= 11 is 3.46. The number of phenolic OH excluding ortho intramolecular Hbond substituents is 2. The van der Waals surface area contributed by atoms with Crippen LogP contribution < -0.4 is 25.9 Å². The van der Waals surface area contributed by atoms with E-state index in [0.717, 1.165) is 29.9 Å². The molecular formula is C44H47BN2O2S2. The quantitative estimate of drug-likeness (QED) is 0.110. The maximum Gasteiger partial charge on any atom is 0.262 e. The van der Waals surface area contributed by atoms with Crippen molar-refractivity contribution < 1.29 is 14.8 Å². The van der Waals surface area contributed by atoms with E-state index in [4.69, 9.17) is 0 Å². The molecule has 6 aromatic rings. The number of allylic oxidation sites excluding steroid dienone is 2. The Bertz CT molecular complexity index is 2030. The van der Waals surface area contributed by atoms with Gasteiger partial charge in [0, 0.05) is 23.6 Å². The molecule has 0 bridgehead atoms. The summed E-state index contributed by atoms with van der Waals surface area (Å²) in [5, 5.41) is 22.0. The lowest BCUT2D eigenvalue weighted by atomic mass is 9.14. The lowest BCUT2D eigenvalue weighted by Crippen LogP contribution is -2.66. The fourth-order valence-electron chi connectivity index (χ4n) is 7.41. The number of unbranched alkanes of at least 4 members (excludes halogenated alkanes) is 1. The second-order valence-electron chi connectivity index (χ2n) is 13.1. The molecule has 0 saturated carbocycles. The molecule has 1 aromatic heterocycles. The van der Waals surface area contributed by atoms with Crippen LogP contribution in [0.4, 0.5) is 5.69 Å². The number of aromatic nitrogens is 1. The zero-order valence-electron chi connectivity index (χ0n) is 30.0. The molecule has 7 rings (SSSR count). The van der Waals surface area contributed by atoms with Crippen molar-refractivity contribution in [3.63, 3.8) is 0 Å². The van der Waals surface area contributed by atoms with Gasteiger partial charge in [-0.2, -0.15) is 27.3 Å². The molecule has 0 fully saturated rings. The molecule has 0 spiro atoms. The molecule has 0 amide bonds. The van der Waals surface area contributed by atoms with Crippen LogP contribution in [-0.2, 0) is 6.54 Å². The smallest absolute Gasteiger partial charge is 0.262 e. The van der Waals surface area contributed by atoms with Gasteiger partial charge in [0.2, 0.25) is 5.52 Å². The topological polar surface area (TPSA) is 47.6 Å². The highest BCUT2D eigenvalue weighted by Crippen LogP contribution is 2.47. The van der Waals surface area contributed by atoms with Crippen molar-refractivity contribution >= 4 is 67.6 Å². The molecule has 4 nitrogen and oxygen atoms in total. The van der Waals surface area contributed by atoms with Crippen LogP contribution in [0.15, 0.2) is 149 Å². The highest BCUT2D eigenvalue weighted by molar-refractivity contribution is 8.03. The summed E-state index contributed by atoms with van der Waals surface area (Å²) in [5.41, 5.74) is 7.62. The number of rotatable bonds is 10. The maximum atomic E-state index is 9.83. The van der Waals surface area contributed by atoms with Crippen molar-refractivity contribution in [2.24, 2.45) is 0 Å². The zero-order chi connectivity index (χ0) is 35.8. The van der Waals surface area contributed by atoms with Crippen LogP contribution in [-0.4, -0.2) is 22.9 Å². The Balaban J connectivity index is 0.000000179. The molecule has 0 unspecified atom stereocenters. The van der Waals surface area contributed by atoms with Crippen molar-refractivity contribution in [3.05, 3.63) is 149 Å². The Hall–Kier alpha value is -4.72. The predicted molar refractivity (Wildman–Crippen MR) is 222 cm³/mol. The summed E-state index contributed by atoms with van der Waals surface area (Å²) in [4.78, 5) is 3.40. The van der Waals surface area contributed by atoms with E-state index in [1.165, 1.54) is 55.2 Å². The van der Waals surface area contributed by atoms with Crippen molar-refractivity contribution in [3.8, 4) is 11.5 Å². The molecule has 2 heterocycles. The first-order chi connectivity index (χ1) is 24.9. The number of anilines is 1. The number of hydrogen-bond acceptors (Lipinski definition) is 5. The standard InChI is InChI=1S/C22H24B.C22H22N2O2S2/c1-2-3-19-23(20-13-7-4-8-14-20,21-15-9-5-10-16-21)22-17-11-6-12-18-22;1-4-23-17-12-15(25)6-8-19(17)27-21(23)10-14(3)11-22-24(5-2)18-13-16(26)7-9-20(18)28-22/h4-18H,2-3,19H2,1H3;6-13H,4-5H2,1-3H3,(H-,25,26)/q-1;/p+1.